The van der Waals surface area contributed by atoms with Crippen LogP contribution in [0.4, 0.5) is 0 Å². The summed E-state index contributed by atoms with van der Waals surface area (Å²) in [5.41, 5.74) is 2.65. The Morgan fingerprint density at radius 3 is 2.60 bits per heavy atom. The number of para-hydroxylation sites is 1. The average molecular weight is 418 g/mol. The molecule has 2 heterocycles. The number of carbonyl (C=O) groups is 1. The van der Waals surface area contributed by atoms with Crippen LogP contribution in [0.15, 0.2) is 90.1 Å². The van der Waals surface area contributed by atoms with Crippen molar-refractivity contribution < 1.29 is 9.53 Å². The van der Waals surface area contributed by atoms with Gasteiger partial charge in [0.25, 0.3) is 5.91 Å². The topological polar surface area (TPSA) is 55.6 Å². The van der Waals surface area contributed by atoms with E-state index in [9.17, 15) is 4.79 Å². The normalized spacial score (nSPS) is 10.8. The molecule has 2 aromatic carbocycles. The molecule has 0 spiro atoms. The molecule has 0 fully saturated rings. The van der Waals surface area contributed by atoms with Gasteiger partial charge in [0.05, 0.1) is 12.3 Å². The number of rotatable bonds is 9. The molecule has 0 radical (unpaired) electrons. The van der Waals surface area contributed by atoms with E-state index in [4.69, 9.17) is 4.74 Å². The molecule has 0 aliphatic heterocycles. The lowest BCUT2D eigenvalue weighted by atomic mass is 10.2. The number of ether oxygens (including phenoxy) is 1. The van der Waals surface area contributed by atoms with Crippen LogP contribution in [0.1, 0.15) is 22.5 Å². The monoisotopic (exact) mass is 417 g/mol. The lowest BCUT2D eigenvalue weighted by Gasteiger charge is -2.08. The highest BCUT2D eigenvalue weighted by Crippen LogP contribution is 2.23. The molecule has 0 aliphatic carbocycles. The average Bonchev–Trinajstić information content (AvgIpc) is 3.21. The fourth-order valence-corrected chi connectivity index (χ4v) is 3.78. The molecule has 0 saturated heterocycles. The molecular formula is C24H23N3O2S. The minimum Gasteiger partial charge on any atom is -0.494 e. The van der Waals surface area contributed by atoms with Crippen molar-refractivity contribution in [1.29, 1.82) is 0 Å². The minimum absolute atomic E-state index is 0.0633. The number of hydrogen-bond donors (Lipinski definition) is 1. The van der Waals surface area contributed by atoms with E-state index in [1.54, 1.807) is 11.8 Å². The third kappa shape index (κ3) is 5.42. The molecule has 6 heteroatoms. The number of carbonyl (C=O) groups excluding carboxylic acids is 1. The Bertz CT molecular complexity index is 1060. The van der Waals surface area contributed by atoms with Gasteiger partial charge < -0.3 is 14.5 Å². The van der Waals surface area contributed by atoms with E-state index in [2.05, 4.69) is 10.3 Å². The zero-order valence-corrected chi connectivity index (χ0v) is 17.3. The minimum atomic E-state index is -0.0633. The summed E-state index contributed by atoms with van der Waals surface area (Å²) in [5.74, 6) is 1.57. The van der Waals surface area contributed by atoms with Crippen LogP contribution in [0.3, 0.4) is 0 Å². The van der Waals surface area contributed by atoms with Gasteiger partial charge in [0.15, 0.2) is 0 Å². The first kappa shape index (κ1) is 20.0. The summed E-state index contributed by atoms with van der Waals surface area (Å²) in [4.78, 5) is 18.0. The predicted molar refractivity (Wildman–Crippen MR) is 120 cm³/mol. The maximum atomic E-state index is 12.3. The van der Waals surface area contributed by atoms with E-state index in [1.165, 1.54) is 0 Å². The smallest absolute Gasteiger partial charge is 0.251 e. The van der Waals surface area contributed by atoms with Gasteiger partial charge in [-0.1, -0.05) is 24.3 Å². The first-order valence-electron chi connectivity index (χ1n) is 9.89. The number of nitrogens with one attached hydrogen (secondary N) is 1. The summed E-state index contributed by atoms with van der Waals surface area (Å²) >= 11 is 1.71. The number of fused-ring (bicyclic) bond motifs is 1. The molecule has 1 amide bonds. The van der Waals surface area contributed by atoms with Crippen LogP contribution in [0.25, 0.3) is 5.65 Å². The first-order valence-corrected chi connectivity index (χ1v) is 10.9. The summed E-state index contributed by atoms with van der Waals surface area (Å²) < 4.78 is 7.65. The third-order valence-corrected chi connectivity index (χ3v) is 5.58. The first-order chi connectivity index (χ1) is 14.8. The molecule has 4 rings (SSSR count). The summed E-state index contributed by atoms with van der Waals surface area (Å²) in [6.07, 6.45) is 4.80. The van der Waals surface area contributed by atoms with Gasteiger partial charge in [0, 0.05) is 35.2 Å². The highest BCUT2D eigenvalue weighted by atomic mass is 32.2. The van der Waals surface area contributed by atoms with E-state index >= 15 is 0 Å². The fraction of sp³-hybridized carbons (Fsp3) is 0.167. The Balaban J connectivity index is 1.20. The zero-order chi connectivity index (χ0) is 20.6. The van der Waals surface area contributed by atoms with E-state index < -0.39 is 0 Å². The van der Waals surface area contributed by atoms with Gasteiger partial charge in [0.1, 0.15) is 11.4 Å². The summed E-state index contributed by atoms with van der Waals surface area (Å²) in [6, 6.07) is 23.3. The van der Waals surface area contributed by atoms with Crippen molar-refractivity contribution in [2.45, 2.75) is 17.1 Å². The molecule has 30 heavy (non-hydrogen) atoms. The molecule has 0 unspecified atom stereocenters. The maximum Gasteiger partial charge on any atom is 0.251 e. The van der Waals surface area contributed by atoms with E-state index in [1.807, 2.05) is 89.6 Å². The van der Waals surface area contributed by atoms with Gasteiger partial charge in [-0.2, -0.15) is 0 Å². The number of nitrogens with zero attached hydrogens (tertiary/aromatic N) is 2. The second-order valence-electron chi connectivity index (χ2n) is 6.78. The summed E-state index contributed by atoms with van der Waals surface area (Å²) in [6.45, 7) is 1.15. The number of thioether (sulfide) groups is 1. The van der Waals surface area contributed by atoms with Gasteiger partial charge in [-0.25, -0.2) is 4.98 Å². The fourth-order valence-electron chi connectivity index (χ4n) is 3.00. The van der Waals surface area contributed by atoms with Gasteiger partial charge in [-0.15, -0.1) is 11.8 Å². The van der Waals surface area contributed by atoms with Gasteiger partial charge >= 0.3 is 0 Å². The lowest BCUT2D eigenvalue weighted by Crippen LogP contribution is -2.25. The Hall–Kier alpha value is -3.25. The Labute approximate surface area is 180 Å². The number of hydrogen-bond acceptors (Lipinski definition) is 4. The number of benzene rings is 2. The van der Waals surface area contributed by atoms with Crippen LogP contribution < -0.4 is 10.1 Å². The van der Waals surface area contributed by atoms with Crippen molar-refractivity contribution in [2.75, 3.05) is 13.2 Å². The van der Waals surface area contributed by atoms with E-state index in [0.29, 0.717) is 18.7 Å². The highest BCUT2D eigenvalue weighted by Gasteiger charge is 2.06. The SMILES string of the molecule is O=C(NCCCOc1ccccc1)c1ccc(SCc2cn3ccccc3n2)cc1. The second kappa shape index (κ2) is 9.98. The van der Waals surface area contributed by atoms with Crippen molar-refractivity contribution in [2.24, 2.45) is 0 Å². The van der Waals surface area contributed by atoms with Crippen molar-refractivity contribution in [3.05, 3.63) is 96.4 Å². The van der Waals surface area contributed by atoms with Crippen molar-refractivity contribution >= 4 is 23.3 Å². The predicted octanol–water partition coefficient (Wildman–Crippen LogP) is 4.83. The molecule has 0 atom stereocenters. The Morgan fingerprint density at radius 2 is 1.80 bits per heavy atom. The number of imidazole rings is 1. The van der Waals surface area contributed by atoms with Crippen LogP contribution in [-0.4, -0.2) is 28.4 Å². The van der Waals surface area contributed by atoms with Crippen LogP contribution in [-0.2, 0) is 5.75 Å². The largest absolute Gasteiger partial charge is 0.494 e. The Kier molecular flexibility index (Phi) is 6.67. The van der Waals surface area contributed by atoms with Crippen LogP contribution in [0, 0.1) is 0 Å². The van der Waals surface area contributed by atoms with Crippen LogP contribution in [0.2, 0.25) is 0 Å². The Morgan fingerprint density at radius 1 is 1.00 bits per heavy atom. The molecule has 4 aromatic rings. The number of aromatic nitrogens is 2. The van der Waals surface area contributed by atoms with Crippen LogP contribution >= 0.6 is 11.8 Å². The third-order valence-electron chi connectivity index (χ3n) is 4.54. The molecule has 5 nitrogen and oxygen atoms in total. The van der Waals surface area contributed by atoms with Gasteiger partial charge in [0.2, 0.25) is 0 Å². The van der Waals surface area contributed by atoms with E-state index in [-0.39, 0.29) is 5.91 Å². The van der Waals surface area contributed by atoms with Crippen molar-refractivity contribution in [3.63, 3.8) is 0 Å². The second-order valence-corrected chi connectivity index (χ2v) is 7.83. The lowest BCUT2D eigenvalue weighted by molar-refractivity contribution is 0.0951. The highest BCUT2D eigenvalue weighted by molar-refractivity contribution is 7.98. The quantitative estimate of drug-likeness (QED) is 0.313. The number of amides is 1. The molecule has 1 N–H and O–H groups in total. The van der Waals surface area contributed by atoms with Gasteiger partial charge in [-0.3, -0.25) is 4.79 Å². The van der Waals surface area contributed by atoms with Crippen molar-refractivity contribution in [1.82, 2.24) is 14.7 Å². The maximum absolute atomic E-state index is 12.3. The van der Waals surface area contributed by atoms with E-state index in [0.717, 1.165) is 34.2 Å². The molecule has 2 aromatic heterocycles. The molecular weight excluding hydrogens is 394 g/mol. The molecule has 152 valence electrons. The zero-order valence-electron chi connectivity index (χ0n) is 16.5. The standard InChI is InChI=1S/C24H23N3O2S/c28-24(25-14-6-16-29-21-7-2-1-3-8-21)19-10-12-22(13-11-19)30-18-20-17-27-15-5-4-9-23(27)26-20/h1-5,7-13,15,17H,6,14,16,18H2,(H,25,28). The molecule has 0 aliphatic rings. The summed E-state index contributed by atoms with van der Waals surface area (Å²) in [5, 5.41) is 2.94. The summed E-state index contributed by atoms with van der Waals surface area (Å²) in [7, 11) is 0. The van der Waals surface area contributed by atoms with Crippen LogP contribution in [0.5, 0.6) is 5.75 Å². The number of pyridine rings is 1. The molecule has 0 saturated carbocycles. The van der Waals surface area contributed by atoms with Crippen molar-refractivity contribution in [3.8, 4) is 5.75 Å². The molecule has 0 bridgehead atoms. The van der Waals surface area contributed by atoms with Gasteiger partial charge in [-0.05, 0) is 55.0 Å².